The Morgan fingerprint density at radius 2 is 1.86 bits per heavy atom. The maximum atomic E-state index is 13.7. The van der Waals surface area contributed by atoms with Gasteiger partial charge in [-0.25, -0.2) is 0 Å². The van der Waals surface area contributed by atoms with Gasteiger partial charge in [-0.15, -0.1) is 0 Å². The molecule has 0 aliphatic heterocycles. The minimum Gasteiger partial charge on any atom is -0.380 e. The average molecular weight is 391 g/mol. The van der Waals surface area contributed by atoms with Crippen molar-refractivity contribution in [1.82, 2.24) is 0 Å². The molecule has 1 aliphatic rings. The van der Waals surface area contributed by atoms with Crippen LogP contribution in [0.4, 0.5) is 18.9 Å². The Morgan fingerprint density at radius 1 is 1.18 bits per heavy atom. The summed E-state index contributed by atoms with van der Waals surface area (Å²) in [6.07, 6.45) is -3.29. The smallest absolute Gasteiger partial charge is 0.380 e. The molecule has 2 aromatic carbocycles. The van der Waals surface area contributed by atoms with Gasteiger partial charge in [-0.05, 0) is 48.9 Å². The highest BCUT2D eigenvalue weighted by molar-refractivity contribution is 6.01. The minimum atomic E-state index is -4.69. The third kappa shape index (κ3) is 4.73. The van der Waals surface area contributed by atoms with Crippen molar-refractivity contribution in [3.05, 3.63) is 65.2 Å². The highest BCUT2D eigenvalue weighted by atomic mass is 19.4. The number of Topliss-reactive ketones (excluding diaryl/α,β-unsaturated/α-hetero) is 1. The van der Waals surface area contributed by atoms with Crippen molar-refractivity contribution >= 4 is 11.5 Å². The number of carbonyl (C=O) groups excluding carboxylic acids is 1. The molecule has 0 aromatic heterocycles. The van der Waals surface area contributed by atoms with Gasteiger partial charge in [0.2, 0.25) is 0 Å². The molecule has 1 fully saturated rings. The van der Waals surface area contributed by atoms with Gasteiger partial charge in [-0.2, -0.15) is 13.2 Å². The van der Waals surface area contributed by atoms with Crippen molar-refractivity contribution in [2.24, 2.45) is 5.92 Å². The van der Waals surface area contributed by atoms with Crippen molar-refractivity contribution in [3.8, 4) is 0 Å². The number of ketones is 1. The van der Waals surface area contributed by atoms with Crippen molar-refractivity contribution in [3.63, 3.8) is 0 Å². The molecule has 1 saturated carbocycles. The maximum Gasteiger partial charge on any atom is 0.417 e. The molecule has 0 radical (unpaired) electrons. The molecule has 0 saturated heterocycles. The fourth-order valence-corrected chi connectivity index (χ4v) is 3.32. The summed E-state index contributed by atoms with van der Waals surface area (Å²) >= 11 is 0. The van der Waals surface area contributed by atoms with Crippen LogP contribution in [-0.2, 0) is 6.18 Å². The van der Waals surface area contributed by atoms with Crippen molar-refractivity contribution < 1.29 is 23.1 Å². The monoisotopic (exact) mass is 391 g/mol. The molecule has 2 aromatic rings. The van der Waals surface area contributed by atoms with Crippen LogP contribution < -0.4 is 4.90 Å². The van der Waals surface area contributed by atoms with Crippen LogP contribution in [0.5, 0.6) is 0 Å². The molecule has 28 heavy (non-hydrogen) atoms. The lowest BCUT2D eigenvalue weighted by molar-refractivity contribution is -0.137. The molecule has 0 bridgehead atoms. The van der Waals surface area contributed by atoms with Crippen molar-refractivity contribution in [2.75, 3.05) is 18.0 Å². The van der Waals surface area contributed by atoms with Gasteiger partial charge < -0.3 is 10.0 Å². The summed E-state index contributed by atoms with van der Waals surface area (Å²) in [5.41, 5.74) is -0.768. The molecule has 1 aliphatic carbocycles. The molecular weight excluding hydrogens is 367 g/mol. The van der Waals surface area contributed by atoms with E-state index in [2.05, 4.69) is 0 Å². The first-order valence-electron chi connectivity index (χ1n) is 9.54. The van der Waals surface area contributed by atoms with E-state index in [-0.39, 0.29) is 5.56 Å². The van der Waals surface area contributed by atoms with Gasteiger partial charge in [0.15, 0.2) is 5.78 Å². The normalized spacial score (nSPS) is 15.3. The first-order valence-corrected chi connectivity index (χ1v) is 9.54. The molecule has 3 nitrogen and oxygen atoms in total. The highest BCUT2D eigenvalue weighted by Crippen LogP contribution is 2.38. The number of nitrogens with zero attached hydrogens (tertiary/aromatic N) is 1. The third-order valence-corrected chi connectivity index (χ3v) is 4.97. The zero-order valence-electron chi connectivity index (χ0n) is 15.7. The quantitative estimate of drug-likeness (QED) is 0.625. The van der Waals surface area contributed by atoms with E-state index in [1.54, 1.807) is 24.3 Å². The average Bonchev–Trinajstić information content (AvgIpc) is 3.50. The number of aliphatic hydroxyl groups is 1. The largest absolute Gasteiger partial charge is 0.417 e. The summed E-state index contributed by atoms with van der Waals surface area (Å²) in [6, 6.07) is 11.8. The van der Waals surface area contributed by atoms with E-state index in [0.717, 1.165) is 31.9 Å². The van der Waals surface area contributed by atoms with Gasteiger partial charge in [0.25, 0.3) is 0 Å². The Hall–Kier alpha value is -2.34. The highest BCUT2D eigenvalue weighted by Gasteiger charge is 2.37. The predicted molar refractivity (Wildman–Crippen MR) is 102 cm³/mol. The van der Waals surface area contributed by atoms with Crippen LogP contribution >= 0.6 is 0 Å². The molecular formula is C22H24F3NO2. The summed E-state index contributed by atoms with van der Waals surface area (Å²) in [4.78, 5) is 14.6. The van der Waals surface area contributed by atoms with E-state index in [0.29, 0.717) is 18.2 Å². The molecule has 6 heteroatoms. The first-order chi connectivity index (χ1) is 13.3. The number of hydrogen-bond donors (Lipinski definition) is 1. The number of carbonyl (C=O) groups is 1. The summed E-state index contributed by atoms with van der Waals surface area (Å²) in [7, 11) is 0. The standard InChI is InChI=1S/C22H24F3NO2/c1-2-12-26(14-15-8-9-15)17-10-11-18(19(13-17)22(23,24)25)21(28)20(27)16-6-4-3-5-7-16/h3-7,10-11,13,15,20,27H,2,8-9,12,14H2,1H3. The SMILES string of the molecule is CCCN(CC1CC1)c1ccc(C(=O)C(O)c2ccccc2)c(C(F)(F)F)c1. The number of halogens is 3. The molecule has 0 heterocycles. The fourth-order valence-electron chi connectivity index (χ4n) is 3.32. The van der Waals surface area contributed by atoms with Crippen LogP contribution in [0.1, 0.15) is 53.8 Å². The van der Waals surface area contributed by atoms with Crippen LogP contribution in [0.15, 0.2) is 48.5 Å². The van der Waals surface area contributed by atoms with E-state index in [1.807, 2.05) is 11.8 Å². The first kappa shape index (κ1) is 20.4. The van der Waals surface area contributed by atoms with Gasteiger partial charge in [0.05, 0.1) is 5.56 Å². The second-order valence-corrected chi connectivity index (χ2v) is 7.29. The number of alkyl halides is 3. The Balaban J connectivity index is 1.95. The van der Waals surface area contributed by atoms with Crippen LogP contribution in [-0.4, -0.2) is 24.0 Å². The van der Waals surface area contributed by atoms with E-state index >= 15 is 0 Å². The summed E-state index contributed by atoms with van der Waals surface area (Å²) in [5, 5.41) is 10.3. The lowest BCUT2D eigenvalue weighted by Crippen LogP contribution is -2.27. The number of hydrogen-bond acceptors (Lipinski definition) is 3. The molecule has 0 spiro atoms. The van der Waals surface area contributed by atoms with E-state index in [1.165, 1.54) is 18.2 Å². The van der Waals surface area contributed by atoms with Gasteiger partial charge in [-0.3, -0.25) is 4.79 Å². The van der Waals surface area contributed by atoms with Crippen LogP contribution in [0, 0.1) is 5.92 Å². The second kappa shape index (κ2) is 8.35. The van der Waals surface area contributed by atoms with Crippen LogP contribution in [0.3, 0.4) is 0 Å². The lowest BCUT2D eigenvalue weighted by Gasteiger charge is -2.26. The van der Waals surface area contributed by atoms with E-state index < -0.39 is 29.2 Å². The Labute approximate surface area is 162 Å². The molecule has 1 unspecified atom stereocenters. The lowest BCUT2D eigenvalue weighted by atomic mass is 9.95. The van der Waals surface area contributed by atoms with Gasteiger partial charge >= 0.3 is 6.18 Å². The zero-order valence-corrected chi connectivity index (χ0v) is 15.7. The minimum absolute atomic E-state index is 0.269. The molecule has 3 rings (SSSR count). The van der Waals surface area contributed by atoms with Crippen molar-refractivity contribution in [1.29, 1.82) is 0 Å². The second-order valence-electron chi connectivity index (χ2n) is 7.29. The summed E-state index contributed by atoms with van der Waals surface area (Å²) < 4.78 is 41.2. The Bertz CT molecular complexity index is 816. The number of rotatable bonds is 8. The Morgan fingerprint density at radius 3 is 2.43 bits per heavy atom. The molecule has 1 N–H and O–H groups in total. The fraction of sp³-hybridized carbons (Fsp3) is 0.409. The van der Waals surface area contributed by atoms with Gasteiger partial charge in [0.1, 0.15) is 6.10 Å². The zero-order chi connectivity index (χ0) is 20.3. The van der Waals surface area contributed by atoms with Gasteiger partial charge in [0, 0.05) is 24.3 Å². The van der Waals surface area contributed by atoms with Crippen molar-refractivity contribution in [2.45, 2.75) is 38.5 Å². The van der Waals surface area contributed by atoms with Crippen LogP contribution in [0.2, 0.25) is 0 Å². The molecule has 1 atom stereocenters. The number of anilines is 1. The summed E-state index contributed by atoms with van der Waals surface area (Å²) in [5.74, 6) is -0.420. The predicted octanol–water partition coefficient (Wildman–Crippen LogP) is 5.25. The number of benzene rings is 2. The molecule has 0 amide bonds. The molecule has 150 valence electrons. The van der Waals surface area contributed by atoms with E-state index in [4.69, 9.17) is 0 Å². The summed E-state index contributed by atoms with van der Waals surface area (Å²) in [6.45, 7) is 3.37. The maximum absolute atomic E-state index is 13.7. The Kier molecular flexibility index (Phi) is 6.08. The topological polar surface area (TPSA) is 40.5 Å². The van der Waals surface area contributed by atoms with E-state index in [9.17, 15) is 23.1 Å². The van der Waals surface area contributed by atoms with Gasteiger partial charge in [-0.1, -0.05) is 37.3 Å². The van der Waals surface area contributed by atoms with Crippen LogP contribution in [0.25, 0.3) is 0 Å². The third-order valence-electron chi connectivity index (χ3n) is 4.97. The number of aliphatic hydroxyl groups excluding tert-OH is 1.